The number of hydrogen-bond donors (Lipinski definition) is 0. The lowest BCUT2D eigenvalue weighted by molar-refractivity contribution is -0.425. The van der Waals surface area contributed by atoms with E-state index in [4.69, 9.17) is 11.6 Å². The van der Waals surface area contributed by atoms with Crippen LogP contribution in [0.2, 0.25) is 4.34 Å². The molecule has 1 aromatic rings. The number of hydrogen-bond acceptors (Lipinski definition) is 3. The molecule has 0 bridgehead atoms. The lowest BCUT2D eigenvalue weighted by atomic mass is 10.3. The number of nitrogens with zero attached hydrogens (tertiary/aromatic N) is 1. The molecule has 0 aliphatic heterocycles. The lowest BCUT2D eigenvalue weighted by Crippen LogP contribution is -1.95. The Balaban J connectivity index is 3.00. The van der Waals surface area contributed by atoms with Crippen LogP contribution in [-0.2, 0) is 0 Å². The van der Waals surface area contributed by atoms with E-state index in [-0.39, 0.29) is 10.6 Å². The van der Waals surface area contributed by atoms with Gasteiger partial charge < -0.3 is 0 Å². The molecular formula is C8H7BrClNO2S. The van der Waals surface area contributed by atoms with Gasteiger partial charge in [-0.05, 0) is 22.0 Å². The Bertz CT molecular complexity index is 369. The first-order valence-electron chi connectivity index (χ1n) is 3.84. The van der Waals surface area contributed by atoms with Crippen LogP contribution in [0.1, 0.15) is 18.2 Å². The molecule has 0 aliphatic carbocycles. The van der Waals surface area contributed by atoms with Gasteiger partial charge in [0.05, 0.1) is 4.92 Å². The number of nitro groups is 1. The highest BCUT2D eigenvalue weighted by atomic mass is 79.9. The number of allylic oxidation sites excluding steroid dienone is 1. The number of thiophene rings is 1. The van der Waals surface area contributed by atoms with Crippen LogP contribution >= 0.6 is 38.9 Å². The molecule has 0 atom stereocenters. The fraction of sp³-hybridized carbons (Fsp3) is 0.250. The molecule has 0 unspecified atom stereocenters. The van der Waals surface area contributed by atoms with Crippen LogP contribution in [0.15, 0.2) is 16.2 Å². The van der Waals surface area contributed by atoms with Crippen LogP contribution in [0.3, 0.4) is 0 Å². The zero-order valence-electron chi connectivity index (χ0n) is 7.29. The molecule has 0 saturated carbocycles. The molecule has 0 amide bonds. The quantitative estimate of drug-likeness (QED) is 0.620. The average Bonchev–Trinajstić information content (AvgIpc) is 2.41. The third kappa shape index (κ3) is 2.80. The minimum Gasteiger partial charge on any atom is -0.259 e. The summed E-state index contributed by atoms with van der Waals surface area (Å²) in [6.45, 7) is 1.75. The molecule has 1 heterocycles. The maximum absolute atomic E-state index is 10.5. The molecule has 0 spiro atoms. The van der Waals surface area contributed by atoms with E-state index in [9.17, 15) is 10.1 Å². The molecule has 0 saturated heterocycles. The van der Waals surface area contributed by atoms with Gasteiger partial charge in [-0.25, -0.2) is 0 Å². The molecular weight excluding hydrogens is 290 g/mol. The highest BCUT2D eigenvalue weighted by Crippen LogP contribution is 2.33. The Labute approximate surface area is 98.7 Å². The molecule has 3 nitrogen and oxygen atoms in total. The van der Waals surface area contributed by atoms with E-state index in [1.165, 1.54) is 11.3 Å². The van der Waals surface area contributed by atoms with E-state index in [0.29, 0.717) is 10.8 Å². The van der Waals surface area contributed by atoms with Crippen molar-refractivity contribution in [2.45, 2.75) is 13.3 Å². The summed E-state index contributed by atoms with van der Waals surface area (Å²) >= 11 is 10.4. The Hall–Kier alpha value is -0.390. The van der Waals surface area contributed by atoms with Gasteiger partial charge in [0.1, 0.15) is 4.34 Å². The van der Waals surface area contributed by atoms with Gasteiger partial charge in [-0.3, -0.25) is 10.1 Å². The van der Waals surface area contributed by atoms with Crippen molar-refractivity contribution < 1.29 is 4.92 Å². The summed E-state index contributed by atoms with van der Waals surface area (Å²) in [7, 11) is 0. The van der Waals surface area contributed by atoms with Gasteiger partial charge in [0.25, 0.3) is 0 Å². The van der Waals surface area contributed by atoms with Gasteiger partial charge in [0.2, 0.25) is 5.70 Å². The maximum Gasteiger partial charge on any atom is 0.247 e. The van der Waals surface area contributed by atoms with Crippen molar-refractivity contribution in [3.8, 4) is 0 Å². The minimum atomic E-state index is -0.373. The van der Waals surface area contributed by atoms with Crippen molar-refractivity contribution in [2.24, 2.45) is 0 Å². The molecule has 0 aromatic carbocycles. The van der Waals surface area contributed by atoms with Crippen molar-refractivity contribution in [3.05, 3.63) is 35.6 Å². The van der Waals surface area contributed by atoms with E-state index >= 15 is 0 Å². The molecule has 0 N–H and O–H groups in total. The summed E-state index contributed by atoms with van der Waals surface area (Å²) in [5.41, 5.74) is 0.190. The monoisotopic (exact) mass is 295 g/mol. The van der Waals surface area contributed by atoms with E-state index in [1.807, 2.05) is 0 Å². The maximum atomic E-state index is 10.5. The first kappa shape index (κ1) is 11.7. The molecule has 76 valence electrons. The van der Waals surface area contributed by atoms with Crippen LogP contribution in [0, 0.1) is 10.1 Å². The van der Waals surface area contributed by atoms with Crippen molar-refractivity contribution in [1.29, 1.82) is 0 Å². The first-order valence-corrected chi connectivity index (χ1v) is 5.83. The summed E-state index contributed by atoms with van der Waals surface area (Å²) in [6.07, 6.45) is 1.95. The predicted molar refractivity (Wildman–Crippen MR) is 62.3 cm³/mol. The topological polar surface area (TPSA) is 43.1 Å². The Kier molecular flexibility index (Phi) is 4.10. The summed E-state index contributed by atoms with van der Waals surface area (Å²) < 4.78 is 1.38. The van der Waals surface area contributed by atoms with E-state index in [1.54, 1.807) is 19.1 Å². The smallest absolute Gasteiger partial charge is 0.247 e. The molecule has 6 heteroatoms. The van der Waals surface area contributed by atoms with Gasteiger partial charge in [0, 0.05) is 21.8 Å². The minimum absolute atomic E-state index is 0.190. The second-order valence-electron chi connectivity index (χ2n) is 2.52. The normalized spacial score (nSPS) is 11.8. The van der Waals surface area contributed by atoms with Gasteiger partial charge >= 0.3 is 0 Å². The summed E-state index contributed by atoms with van der Waals surface area (Å²) in [5, 5.41) is 10.5. The van der Waals surface area contributed by atoms with Crippen LogP contribution in [0.4, 0.5) is 0 Å². The van der Waals surface area contributed by atoms with Crippen LogP contribution in [0.25, 0.3) is 6.08 Å². The molecule has 1 rings (SSSR count). The van der Waals surface area contributed by atoms with Crippen molar-refractivity contribution in [1.82, 2.24) is 0 Å². The fourth-order valence-electron chi connectivity index (χ4n) is 0.883. The summed E-state index contributed by atoms with van der Waals surface area (Å²) in [6, 6.07) is 1.77. The molecule has 0 aliphatic rings. The van der Waals surface area contributed by atoms with E-state index < -0.39 is 0 Å². The average molecular weight is 297 g/mol. The standard InChI is InChI=1S/C8H7BrClNO2S/c1-2-5(11(12)13)3-6-4-7(9)8(10)14-6/h3-4H,2H2,1H3. The van der Waals surface area contributed by atoms with E-state index in [0.717, 1.165) is 9.35 Å². The fourth-order valence-corrected chi connectivity index (χ4v) is 2.58. The third-order valence-corrected chi connectivity index (χ3v) is 3.99. The zero-order chi connectivity index (χ0) is 10.7. The first-order chi connectivity index (χ1) is 6.54. The predicted octanol–water partition coefficient (Wildman–Crippen LogP) is 4.19. The van der Waals surface area contributed by atoms with Gasteiger partial charge in [-0.2, -0.15) is 0 Å². The summed E-state index contributed by atoms with van der Waals surface area (Å²) in [4.78, 5) is 10.9. The Morgan fingerprint density at radius 2 is 2.50 bits per heavy atom. The second kappa shape index (κ2) is 4.91. The van der Waals surface area contributed by atoms with Crippen molar-refractivity contribution >= 4 is 44.9 Å². The summed E-state index contributed by atoms with van der Waals surface area (Å²) in [5.74, 6) is 0. The van der Waals surface area contributed by atoms with Gasteiger partial charge in [0.15, 0.2) is 0 Å². The molecule has 1 aromatic heterocycles. The van der Waals surface area contributed by atoms with Crippen LogP contribution in [0.5, 0.6) is 0 Å². The molecule has 0 fully saturated rings. The number of halogens is 2. The Morgan fingerprint density at radius 3 is 2.86 bits per heavy atom. The van der Waals surface area contributed by atoms with Crippen molar-refractivity contribution in [3.63, 3.8) is 0 Å². The molecule has 0 radical (unpaired) electrons. The molecule has 14 heavy (non-hydrogen) atoms. The zero-order valence-corrected chi connectivity index (χ0v) is 10.4. The second-order valence-corrected chi connectivity index (χ2v) is 5.06. The number of rotatable bonds is 3. The highest BCUT2D eigenvalue weighted by molar-refractivity contribution is 9.10. The Morgan fingerprint density at radius 1 is 1.86 bits per heavy atom. The van der Waals surface area contributed by atoms with Gasteiger partial charge in [-0.1, -0.05) is 18.5 Å². The highest BCUT2D eigenvalue weighted by Gasteiger charge is 2.09. The van der Waals surface area contributed by atoms with Crippen LogP contribution in [-0.4, -0.2) is 4.92 Å². The third-order valence-electron chi connectivity index (χ3n) is 1.57. The van der Waals surface area contributed by atoms with E-state index in [2.05, 4.69) is 15.9 Å². The lowest BCUT2D eigenvalue weighted by Gasteiger charge is -1.91. The van der Waals surface area contributed by atoms with Gasteiger partial charge in [-0.15, -0.1) is 11.3 Å². The SMILES string of the molecule is CCC(=Cc1cc(Br)c(Cl)s1)[N+](=O)[O-]. The largest absolute Gasteiger partial charge is 0.259 e. The van der Waals surface area contributed by atoms with Crippen LogP contribution < -0.4 is 0 Å². The van der Waals surface area contributed by atoms with Crippen molar-refractivity contribution in [2.75, 3.05) is 0 Å².